The van der Waals surface area contributed by atoms with E-state index in [4.69, 9.17) is 5.11 Å². The van der Waals surface area contributed by atoms with Crippen molar-refractivity contribution in [2.45, 2.75) is 32.4 Å². The molecule has 1 atom stereocenters. The smallest absolute Gasteiger partial charge is 0.365 e. The standard InChI is InChI=1S/C12H18N2O3S/c1-8(15)9-2-4-14(5-3-9)6-10-7-18-11(13-10)12(16)17/h7-9,15H,2-6H2,1H3,(H,16,17). The Labute approximate surface area is 110 Å². The van der Waals surface area contributed by atoms with Gasteiger partial charge in [0.1, 0.15) is 0 Å². The van der Waals surface area contributed by atoms with Gasteiger partial charge in [-0.05, 0) is 38.8 Å². The van der Waals surface area contributed by atoms with Crippen LogP contribution in [0.1, 0.15) is 35.3 Å². The molecule has 18 heavy (non-hydrogen) atoms. The summed E-state index contributed by atoms with van der Waals surface area (Å²) in [6.45, 7) is 4.43. The van der Waals surface area contributed by atoms with Gasteiger partial charge in [-0.25, -0.2) is 9.78 Å². The van der Waals surface area contributed by atoms with Gasteiger partial charge in [-0.2, -0.15) is 0 Å². The molecule has 1 aromatic heterocycles. The van der Waals surface area contributed by atoms with Crippen molar-refractivity contribution in [3.05, 3.63) is 16.1 Å². The number of carboxylic acids is 1. The topological polar surface area (TPSA) is 73.7 Å². The normalized spacial score (nSPS) is 19.9. The van der Waals surface area contributed by atoms with Gasteiger partial charge in [-0.1, -0.05) is 0 Å². The number of hydrogen-bond acceptors (Lipinski definition) is 5. The Hall–Kier alpha value is -0.980. The summed E-state index contributed by atoms with van der Waals surface area (Å²) in [5, 5.41) is 20.3. The number of thiazole rings is 1. The van der Waals surface area contributed by atoms with Crippen LogP contribution < -0.4 is 0 Å². The summed E-state index contributed by atoms with van der Waals surface area (Å²) < 4.78 is 0. The van der Waals surface area contributed by atoms with Gasteiger partial charge in [0.15, 0.2) is 0 Å². The van der Waals surface area contributed by atoms with Gasteiger partial charge in [-0.15, -0.1) is 11.3 Å². The van der Waals surface area contributed by atoms with E-state index in [-0.39, 0.29) is 11.1 Å². The molecule has 2 heterocycles. The summed E-state index contributed by atoms with van der Waals surface area (Å²) in [5.41, 5.74) is 0.827. The van der Waals surface area contributed by atoms with Crippen LogP contribution in [0.25, 0.3) is 0 Å². The first kappa shape index (κ1) is 13.5. The zero-order valence-electron chi connectivity index (χ0n) is 10.4. The Bertz CT molecular complexity index is 411. The van der Waals surface area contributed by atoms with Crippen molar-refractivity contribution in [2.24, 2.45) is 5.92 Å². The Morgan fingerprint density at radius 3 is 2.78 bits per heavy atom. The molecular formula is C12H18N2O3S. The molecule has 0 bridgehead atoms. The third kappa shape index (κ3) is 3.28. The zero-order valence-corrected chi connectivity index (χ0v) is 11.2. The van der Waals surface area contributed by atoms with Crippen molar-refractivity contribution in [3.63, 3.8) is 0 Å². The minimum Gasteiger partial charge on any atom is -0.476 e. The van der Waals surface area contributed by atoms with E-state index in [0.717, 1.165) is 31.6 Å². The van der Waals surface area contributed by atoms with E-state index >= 15 is 0 Å². The minimum atomic E-state index is -0.959. The summed E-state index contributed by atoms with van der Waals surface area (Å²) in [7, 11) is 0. The highest BCUT2D eigenvalue weighted by atomic mass is 32.1. The minimum absolute atomic E-state index is 0.156. The van der Waals surface area contributed by atoms with E-state index in [1.165, 1.54) is 11.3 Å². The van der Waals surface area contributed by atoms with E-state index in [0.29, 0.717) is 12.5 Å². The molecule has 1 aliphatic heterocycles. The van der Waals surface area contributed by atoms with Crippen LogP contribution in [0.15, 0.2) is 5.38 Å². The number of likely N-dealkylation sites (tertiary alicyclic amines) is 1. The average molecular weight is 270 g/mol. The van der Waals surface area contributed by atoms with Crippen molar-refractivity contribution < 1.29 is 15.0 Å². The Morgan fingerprint density at radius 2 is 2.28 bits per heavy atom. The number of aliphatic hydroxyl groups is 1. The van der Waals surface area contributed by atoms with Crippen LogP contribution in [0.2, 0.25) is 0 Å². The lowest BCUT2D eigenvalue weighted by Gasteiger charge is -2.32. The molecule has 6 heteroatoms. The second-order valence-corrected chi connectivity index (χ2v) is 5.66. The number of aromatic nitrogens is 1. The second kappa shape index (κ2) is 5.77. The molecule has 0 aromatic carbocycles. The van der Waals surface area contributed by atoms with E-state index in [9.17, 15) is 9.90 Å². The molecular weight excluding hydrogens is 252 g/mol. The number of carboxylic acid groups (broad SMARTS) is 1. The van der Waals surface area contributed by atoms with Crippen molar-refractivity contribution in [3.8, 4) is 0 Å². The van der Waals surface area contributed by atoms with Crippen molar-refractivity contribution >= 4 is 17.3 Å². The first-order valence-electron chi connectivity index (χ1n) is 6.14. The molecule has 1 fully saturated rings. The number of aliphatic hydroxyl groups excluding tert-OH is 1. The van der Waals surface area contributed by atoms with Crippen LogP contribution >= 0.6 is 11.3 Å². The number of aromatic carboxylic acids is 1. The lowest BCUT2D eigenvalue weighted by molar-refractivity contribution is 0.0679. The number of piperidine rings is 1. The van der Waals surface area contributed by atoms with E-state index in [2.05, 4.69) is 9.88 Å². The summed E-state index contributed by atoms with van der Waals surface area (Å²) in [6, 6.07) is 0. The summed E-state index contributed by atoms with van der Waals surface area (Å²) in [5.74, 6) is -0.565. The van der Waals surface area contributed by atoms with Gasteiger partial charge in [0.05, 0.1) is 11.8 Å². The van der Waals surface area contributed by atoms with Gasteiger partial charge in [-0.3, -0.25) is 4.90 Å². The number of nitrogens with zero attached hydrogens (tertiary/aromatic N) is 2. The molecule has 1 unspecified atom stereocenters. The SMILES string of the molecule is CC(O)C1CCN(Cc2csc(C(=O)O)n2)CC1. The van der Waals surface area contributed by atoms with Crippen LogP contribution in [0.5, 0.6) is 0 Å². The fourth-order valence-electron chi connectivity index (χ4n) is 2.30. The Morgan fingerprint density at radius 1 is 1.61 bits per heavy atom. The van der Waals surface area contributed by atoms with E-state index in [1.54, 1.807) is 0 Å². The Balaban J connectivity index is 1.85. The van der Waals surface area contributed by atoms with Crippen LogP contribution in [0, 0.1) is 5.92 Å². The molecule has 0 spiro atoms. The number of carbonyl (C=O) groups is 1. The number of rotatable bonds is 4. The maximum Gasteiger partial charge on any atom is 0.365 e. The predicted molar refractivity (Wildman–Crippen MR) is 68.8 cm³/mol. The van der Waals surface area contributed by atoms with E-state index in [1.807, 2.05) is 12.3 Å². The third-order valence-electron chi connectivity index (χ3n) is 3.43. The third-order valence-corrected chi connectivity index (χ3v) is 4.31. The van der Waals surface area contributed by atoms with Gasteiger partial charge in [0.2, 0.25) is 5.01 Å². The van der Waals surface area contributed by atoms with Crippen molar-refractivity contribution in [1.29, 1.82) is 0 Å². The zero-order chi connectivity index (χ0) is 13.1. The summed E-state index contributed by atoms with van der Waals surface area (Å²) >= 11 is 1.17. The molecule has 2 N–H and O–H groups in total. The highest BCUT2D eigenvalue weighted by Crippen LogP contribution is 2.22. The first-order valence-corrected chi connectivity index (χ1v) is 7.02. The lowest BCUT2D eigenvalue weighted by Crippen LogP contribution is -2.36. The fourth-order valence-corrected chi connectivity index (χ4v) is 2.95. The first-order chi connectivity index (χ1) is 8.56. The van der Waals surface area contributed by atoms with Gasteiger partial charge in [0, 0.05) is 11.9 Å². The van der Waals surface area contributed by atoms with Gasteiger partial charge in [0.25, 0.3) is 0 Å². The Kier molecular flexibility index (Phi) is 4.31. The predicted octanol–water partition coefficient (Wildman–Crippen LogP) is 1.43. The highest BCUT2D eigenvalue weighted by molar-refractivity contribution is 7.11. The van der Waals surface area contributed by atoms with Crippen molar-refractivity contribution in [1.82, 2.24) is 9.88 Å². The quantitative estimate of drug-likeness (QED) is 0.866. The van der Waals surface area contributed by atoms with Crippen LogP contribution in [-0.4, -0.2) is 45.3 Å². The van der Waals surface area contributed by atoms with Crippen LogP contribution in [0.4, 0.5) is 0 Å². The molecule has 1 aromatic rings. The monoisotopic (exact) mass is 270 g/mol. The molecule has 100 valence electrons. The largest absolute Gasteiger partial charge is 0.476 e. The average Bonchev–Trinajstić information content (AvgIpc) is 2.78. The van der Waals surface area contributed by atoms with Crippen LogP contribution in [-0.2, 0) is 6.54 Å². The van der Waals surface area contributed by atoms with Gasteiger partial charge >= 0.3 is 5.97 Å². The molecule has 2 rings (SSSR count). The molecule has 0 aliphatic carbocycles. The number of hydrogen-bond donors (Lipinski definition) is 2. The van der Waals surface area contributed by atoms with Crippen LogP contribution in [0.3, 0.4) is 0 Å². The lowest BCUT2D eigenvalue weighted by atomic mass is 9.92. The van der Waals surface area contributed by atoms with E-state index < -0.39 is 5.97 Å². The molecule has 1 saturated heterocycles. The molecule has 0 saturated carbocycles. The molecule has 0 radical (unpaired) electrons. The molecule has 1 aliphatic rings. The second-order valence-electron chi connectivity index (χ2n) is 4.80. The van der Waals surface area contributed by atoms with Gasteiger partial charge < -0.3 is 10.2 Å². The summed E-state index contributed by atoms with van der Waals surface area (Å²) in [6.07, 6.45) is 1.76. The highest BCUT2D eigenvalue weighted by Gasteiger charge is 2.23. The molecule has 0 amide bonds. The summed E-state index contributed by atoms with van der Waals surface area (Å²) in [4.78, 5) is 17.1. The maximum atomic E-state index is 10.7. The maximum absolute atomic E-state index is 10.7. The molecule has 5 nitrogen and oxygen atoms in total. The fraction of sp³-hybridized carbons (Fsp3) is 0.667. The van der Waals surface area contributed by atoms with Crippen molar-refractivity contribution in [2.75, 3.05) is 13.1 Å².